The van der Waals surface area contributed by atoms with Gasteiger partial charge in [0.1, 0.15) is 11.9 Å². The molecule has 1 aliphatic carbocycles. The molecule has 0 aromatic heterocycles. The van der Waals surface area contributed by atoms with Gasteiger partial charge in [-0.2, -0.15) is 0 Å². The maximum Gasteiger partial charge on any atom is 0.119 e. The van der Waals surface area contributed by atoms with E-state index < -0.39 is 6.10 Å². The summed E-state index contributed by atoms with van der Waals surface area (Å²) in [6, 6.07) is 5.80. The number of hydrogen-bond donors (Lipinski definition) is 1. The standard InChI is InChI=1S/C14H20O4/c1-16-6-3-7-18-13-8-10-4-5-11(17-2)9-12(10)14(13)15/h4-5,9,13-15H,3,6-8H2,1-2H3. The Labute approximate surface area is 107 Å². The molecular weight excluding hydrogens is 232 g/mol. The highest BCUT2D eigenvalue weighted by Crippen LogP contribution is 2.35. The van der Waals surface area contributed by atoms with Crippen LogP contribution in [0.3, 0.4) is 0 Å². The van der Waals surface area contributed by atoms with Gasteiger partial charge in [0.25, 0.3) is 0 Å². The molecule has 2 atom stereocenters. The van der Waals surface area contributed by atoms with Crippen LogP contribution in [0.15, 0.2) is 18.2 Å². The molecule has 0 amide bonds. The highest BCUT2D eigenvalue weighted by Gasteiger charge is 2.31. The lowest BCUT2D eigenvalue weighted by molar-refractivity contribution is -0.0326. The van der Waals surface area contributed by atoms with Crippen LogP contribution in [0.2, 0.25) is 0 Å². The van der Waals surface area contributed by atoms with E-state index in [0.717, 1.165) is 29.7 Å². The number of hydrogen-bond acceptors (Lipinski definition) is 4. The predicted molar refractivity (Wildman–Crippen MR) is 67.9 cm³/mol. The second-order valence-electron chi connectivity index (χ2n) is 4.47. The summed E-state index contributed by atoms with van der Waals surface area (Å²) in [5.74, 6) is 0.771. The Morgan fingerprint density at radius 2 is 2.11 bits per heavy atom. The minimum atomic E-state index is -0.558. The molecule has 0 saturated carbocycles. The number of fused-ring (bicyclic) bond motifs is 1. The zero-order chi connectivity index (χ0) is 13.0. The summed E-state index contributed by atoms with van der Waals surface area (Å²) in [5, 5.41) is 10.2. The SMILES string of the molecule is COCCCOC1Cc2ccc(OC)cc2C1O. The van der Waals surface area contributed by atoms with E-state index in [9.17, 15) is 5.11 Å². The fourth-order valence-electron chi connectivity index (χ4n) is 2.28. The van der Waals surface area contributed by atoms with Crippen molar-refractivity contribution in [1.29, 1.82) is 0 Å². The van der Waals surface area contributed by atoms with Crippen LogP contribution in [-0.2, 0) is 15.9 Å². The fourth-order valence-corrected chi connectivity index (χ4v) is 2.28. The molecule has 0 fully saturated rings. The Morgan fingerprint density at radius 3 is 2.83 bits per heavy atom. The van der Waals surface area contributed by atoms with E-state index in [1.54, 1.807) is 14.2 Å². The van der Waals surface area contributed by atoms with Crippen LogP contribution >= 0.6 is 0 Å². The highest BCUT2D eigenvalue weighted by molar-refractivity contribution is 5.41. The van der Waals surface area contributed by atoms with Crippen LogP contribution in [0.25, 0.3) is 0 Å². The van der Waals surface area contributed by atoms with Crippen LogP contribution in [0.1, 0.15) is 23.7 Å². The second-order valence-corrected chi connectivity index (χ2v) is 4.47. The third-order valence-electron chi connectivity index (χ3n) is 3.27. The Morgan fingerprint density at radius 1 is 1.28 bits per heavy atom. The van der Waals surface area contributed by atoms with Crippen LogP contribution in [0.5, 0.6) is 5.75 Å². The predicted octanol–water partition coefficient (Wildman–Crippen LogP) is 1.71. The molecule has 100 valence electrons. The van der Waals surface area contributed by atoms with Crippen molar-refractivity contribution in [2.75, 3.05) is 27.4 Å². The first-order chi connectivity index (χ1) is 8.76. The number of ether oxygens (including phenoxy) is 3. The summed E-state index contributed by atoms with van der Waals surface area (Å²) in [5.41, 5.74) is 2.06. The molecule has 4 heteroatoms. The summed E-state index contributed by atoms with van der Waals surface area (Å²) < 4.78 is 15.8. The van der Waals surface area contributed by atoms with Crippen LogP contribution in [0.4, 0.5) is 0 Å². The Balaban J connectivity index is 1.95. The van der Waals surface area contributed by atoms with Gasteiger partial charge in [-0.15, -0.1) is 0 Å². The van der Waals surface area contributed by atoms with Crippen molar-refractivity contribution in [1.82, 2.24) is 0 Å². The first kappa shape index (κ1) is 13.3. The number of aliphatic hydroxyl groups excluding tert-OH is 1. The third-order valence-corrected chi connectivity index (χ3v) is 3.27. The van der Waals surface area contributed by atoms with Crippen LogP contribution in [0, 0.1) is 0 Å². The van der Waals surface area contributed by atoms with E-state index in [1.165, 1.54) is 0 Å². The van der Waals surface area contributed by atoms with Gasteiger partial charge in [-0.1, -0.05) is 6.07 Å². The Bertz CT molecular complexity index is 391. The fraction of sp³-hybridized carbons (Fsp3) is 0.571. The van der Waals surface area contributed by atoms with Crippen molar-refractivity contribution in [2.45, 2.75) is 25.0 Å². The van der Waals surface area contributed by atoms with E-state index in [4.69, 9.17) is 14.2 Å². The molecule has 0 bridgehead atoms. The molecular formula is C14H20O4. The van der Waals surface area contributed by atoms with Gasteiger partial charge in [0.05, 0.1) is 13.2 Å². The molecule has 1 aromatic rings. The van der Waals surface area contributed by atoms with E-state index in [-0.39, 0.29) is 6.10 Å². The van der Waals surface area contributed by atoms with Gasteiger partial charge in [-0.05, 0) is 29.7 Å². The Kier molecular flexibility index (Phi) is 4.58. The van der Waals surface area contributed by atoms with Crippen molar-refractivity contribution in [3.63, 3.8) is 0 Å². The van der Waals surface area contributed by atoms with Crippen LogP contribution in [-0.4, -0.2) is 38.6 Å². The molecule has 0 spiro atoms. The number of benzene rings is 1. The van der Waals surface area contributed by atoms with Gasteiger partial charge in [0, 0.05) is 26.7 Å². The summed E-state index contributed by atoms with van der Waals surface area (Å²) >= 11 is 0. The smallest absolute Gasteiger partial charge is 0.119 e. The average Bonchev–Trinajstić information content (AvgIpc) is 2.71. The van der Waals surface area contributed by atoms with Crippen LogP contribution < -0.4 is 4.74 Å². The third kappa shape index (κ3) is 2.83. The van der Waals surface area contributed by atoms with Gasteiger partial charge in [0.15, 0.2) is 0 Å². The van der Waals surface area contributed by atoms with Crippen molar-refractivity contribution < 1.29 is 19.3 Å². The van der Waals surface area contributed by atoms with Gasteiger partial charge >= 0.3 is 0 Å². The number of methoxy groups -OCH3 is 2. The molecule has 1 aliphatic rings. The number of aliphatic hydroxyl groups is 1. The summed E-state index contributed by atoms with van der Waals surface area (Å²) in [7, 11) is 3.30. The van der Waals surface area contributed by atoms with Crippen molar-refractivity contribution in [3.05, 3.63) is 29.3 Å². The van der Waals surface area contributed by atoms with E-state index in [0.29, 0.717) is 13.2 Å². The molecule has 18 heavy (non-hydrogen) atoms. The minimum Gasteiger partial charge on any atom is -0.497 e. The lowest BCUT2D eigenvalue weighted by atomic mass is 10.1. The quantitative estimate of drug-likeness (QED) is 0.783. The Hall–Kier alpha value is -1.10. The van der Waals surface area contributed by atoms with E-state index in [2.05, 4.69) is 0 Å². The van der Waals surface area contributed by atoms with E-state index >= 15 is 0 Å². The maximum atomic E-state index is 10.2. The summed E-state index contributed by atoms with van der Waals surface area (Å²) in [6.45, 7) is 1.30. The topological polar surface area (TPSA) is 47.9 Å². The first-order valence-corrected chi connectivity index (χ1v) is 6.21. The second kappa shape index (κ2) is 6.18. The van der Waals surface area contributed by atoms with Gasteiger partial charge in [0.2, 0.25) is 0 Å². The summed E-state index contributed by atoms with van der Waals surface area (Å²) in [4.78, 5) is 0. The lowest BCUT2D eigenvalue weighted by Crippen LogP contribution is -2.19. The van der Waals surface area contributed by atoms with Crippen molar-refractivity contribution >= 4 is 0 Å². The lowest BCUT2D eigenvalue weighted by Gasteiger charge is -2.16. The molecule has 2 unspecified atom stereocenters. The van der Waals surface area contributed by atoms with E-state index in [1.807, 2.05) is 18.2 Å². The molecule has 2 rings (SSSR count). The van der Waals surface area contributed by atoms with Gasteiger partial charge < -0.3 is 19.3 Å². The average molecular weight is 252 g/mol. The minimum absolute atomic E-state index is 0.149. The summed E-state index contributed by atoms with van der Waals surface area (Å²) in [6.07, 6.45) is 0.897. The maximum absolute atomic E-state index is 10.2. The zero-order valence-corrected chi connectivity index (χ0v) is 10.9. The molecule has 1 aromatic carbocycles. The zero-order valence-electron chi connectivity index (χ0n) is 10.9. The number of rotatable bonds is 6. The molecule has 1 N–H and O–H groups in total. The largest absolute Gasteiger partial charge is 0.497 e. The molecule has 0 saturated heterocycles. The molecule has 0 radical (unpaired) electrons. The normalized spacial score (nSPS) is 21.9. The highest BCUT2D eigenvalue weighted by atomic mass is 16.5. The molecule has 0 heterocycles. The molecule has 0 aliphatic heterocycles. The van der Waals surface area contributed by atoms with Gasteiger partial charge in [-0.25, -0.2) is 0 Å². The van der Waals surface area contributed by atoms with Gasteiger partial charge in [-0.3, -0.25) is 0 Å². The first-order valence-electron chi connectivity index (χ1n) is 6.21. The van der Waals surface area contributed by atoms with Crippen molar-refractivity contribution in [3.8, 4) is 5.75 Å². The molecule has 4 nitrogen and oxygen atoms in total. The van der Waals surface area contributed by atoms with Crippen molar-refractivity contribution in [2.24, 2.45) is 0 Å². The monoisotopic (exact) mass is 252 g/mol.